The lowest BCUT2D eigenvalue weighted by Crippen LogP contribution is -2.65. The van der Waals surface area contributed by atoms with Gasteiger partial charge in [-0.3, -0.25) is 4.79 Å². The van der Waals surface area contributed by atoms with E-state index in [-0.39, 0.29) is 22.6 Å². The van der Waals surface area contributed by atoms with Gasteiger partial charge in [0.15, 0.2) is 26.4 Å². The van der Waals surface area contributed by atoms with E-state index in [9.17, 15) is 9.18 Å². The molecule has 1 amide bonds. The molecule has 9 nitrogen and oxygen atoms in total. The van der Waals surface area contributed by atoms with Crippen molar-refractivity contribution in [2.45, 2.75) is 50.8 Å². The first-order valence-electron chi connectivity index (χ1n) is 18.2. The molecule has 0 N–H and O–H groups in total. The highest BCUT2D eigenvalue weighted by Gasteiger charge is 2.50. The molecule has 0 radical (unpaired) electrons. The minimum Gasteiger partial charge on any atom is -0.408 e. The zero-order valence-electron chi connectivity index (χ0n) is 31.2. The fourth-order valence-corrected chi connectivity index (χ4v) is 9.33. The van der Waals surface area contributed by atoms with Crippen LogP contribution in [0.5, 0.6) is 0 Å². The number of piperazine rings is 1. The number of carbonyl (C=O) groups is 1. The Balaban J connectivity index is 1.31. The van der Waals surface area contributed by atoms with Crippen LogP contribution < -0.4 is 9.80 Å². The Morgan fingerprint density at radius 2 is 1.63 bits per heavy atom. The van der Waals surface area contributed by atoms with Crippen molar-refractivity contribution in [2.75, 3.05) is 42.4 Å². The summed E-state index contributed by atoms with van der Waals surface area (Å²) in [6.45, 7) is 10.2. The van der Waals surface area contributed by atoms with Crippen molar-refractivity contribution in [3.63, 3.8) is 0 Å². The summed E-state index contributed by atoms with van der Waals surface area (Å²) in [6, 6.07) is 30.5. The number of nitrogens with zero attached hydrogens (tertiary/aromatic N) is 7. The third kappa shape index (κ3) is 7.40. The highest BCUT2D eigenvalue weighted by atomic mass is 35.5. The molecule has 280 valence electrons. The summed E-state index contributed by atoms with van der Waals surface area (Å²) in [6.07, 6.45) is 0.696. The number of benzene rings is 3. The highest BCUT2D eigenvalue weighted by Crippen LogP contribution is 2.43. The van der Waals surface area contributed by atoms with Gasteiger partial charge in [-0.05, 0) is 59.0 Å². The molecular formula is C41H45ClFN7O2SSi. The van der Waals surface area contributed by atoms with Crippen molar-refractivity contribution in [3.05, 3.63) is 125 Å². The van der Waals surface area contributed by atoms with Crippen molar-refractivity contribution in [1.29, 1.82) is 0 Å². The summed E-state index contributed by atoms with van der Waals surface area (Å²) < 4.78 is 22.9. The first-order chi connectivity index (χ1) is 26.0. The Labute approximate surface area is 327 Å². The lowest BCUT2D eigenvalue weighted by molar-refractivity contribution is -0.136. The first kappa shape index (κ1) is 37.7. The van der Waals surface area contributed by atoms with E-state index in [1.165, 1.54) is 23.5 Å². The summed E-state index contributed by atoms with van der Waals surface area (Å²) >= 11 is 7.84. The molecule has 0 saturated carbocycles. The molecule has 3 aromatic carbocycles. The second kappa shape index (κ2) is 15.6. The van der Waals surface area contributed by atoms with Crippen LogP contribution in [0.3, 0.4) is 0 Å². The monoisotopic (exact) mass is 781 g/mol. The van der Waals surface area contributed by atoms with Crippen molar-refractivity contribution >= 4 is 61.0 Å². The molecule has 1 aliphatic rings. The quantitative estimate of drug-likeness (QED) is 0.0980. The maximum Gasteiger partial charge on any atom is 0.237 e. The molecule has 6 aromatic rings. The van der Waals surface area contributed by atoms with Gasteiger partial charge in [0.1, 0.15) is 23.1 Å². The number of carbonyl (C=O) groups excluding carboxylic acids is 1. The number of anilines is 3. The maximum absolute atomic E-state index is 13.8. The molecular weight excluding hydrogens is 737 g/mol. The summed E-state index contributed by atoms with van der Waals surface area (Å²) in [5.74, 6) is 1.05. The Bertz CT molecular complexity index is 2170. The number of fused-ring (bicyclic) bond motifs is 1. The largest absolute Gasteiger partial charge is 0.408 e. The van der Waals surface area contributed by atoms with E-state index in [0.29, 0.717) is 26.1 Å². The molecule has 0 aliphatic carbocycles. The van der Waals surface area contributed by atoms with E-state index >= 15 is 0 Å². The molecule has 0 bridgehead atoms. The van der Waals surface area contributed by atoms with Crippen LogP contribution in [0.25, 0.3) is 16.9 Å². The number of halogens is 2. The van der Waals surface area contributed by atoms with Crippen LogP contribution in [0.2, 0.25) is 5.04 Å². The zero-order valence-corrected chi connectivity index (χ0v) is 34.2. The number of hydrogen-bond donors (Lipinski definition) is 0. The van der Waals surface area contributed by atoms with Gasteiger partial charge in [-0.25, -0.2) is 14.4 Å². The van der Waals surface area contributed by atoms with Gasteiger partial charge in [0.25, 0.3) is 0 Å². The molecule has 1 unspecified atom stereocenters. The lowest BCUT2D eigenvalue weighted by atomic mass is 9.78. The van der Waals surface area contributed by atoms with Gasteiger partial charge in [-0.2, -0.15) is 4.52 Å². The third-order valence-corrected chi connectivity index (χ3v) is 12.4. The summed E-state index contributed by atoms with van der Waals surface area (Å²) in [5, 5.41) is 7.96. The number of rotatable bonds is 11. The fourth-order valence-electron chi connectivity index (χ4n) is 7.19. The molecule has 1 aliphatic heterocycles. The molecule has 4 heterocycles. The van der Waals surface area contributed by atoms with Crippen LogP contribution >= 0.6 is 22.9 Å². The summed E-state index contributed by atoms with van der Waals surface area (Å²) in [7, 11) is 0.823. The van der Waals surface area contributed by atoms with E-state index in [0.717, 1.165) is 50.5 Å². The number of aromatic nitrogens is 4. The Hall–Kier alpha value is -4.62. The molecule has 54 heavy (non-hydrogen) atoms. The summed E-state index contributed by atoms with van der Waals surface area (Å²) in [5.41, 5.74) is 4.26. The Kier molecular flexibility index (Phi) is 10.9. The van der Waals surface area contributed by atoms with Crippen LogP contribution in [0.4, 0.5) is 21.2 Å². The number of hydrogen-bond acceptors (Lipinski definition) is 8. The maximum atomic E-state index is 13.8. The van der Waals surface area contributed by atoms with Crippen LogP contribution in [-0.4, -0.2) is 78.8 Å². The predicted octanol–water partition coefficient (Wildman–Crippen LogP) is 7.84. The molecule has 3 aromatic heterocycles. The van der Waals surface area contributed by atoms with Gasteiger partial charge in [0.05, 0.1) is 17.4 Å². The molecule has 13 heteroatoms. The van der Waals surface area contributed by atoms with E-state index in [1.807, 2.05) is 75.3 Å². The normalized spacial score (nSPS) is 15.4. The van der Waals surface area contributed by atoms with E-state index in [4.69, 9.17) is 31.1 Å². The zero-order chi connectivity index (χ0) is 38.0. The van der Waals surface area contributed by atoms with Gasteiger partial charge in [0.2, 0.25) is 5.91 Å². The van der Waals surface area contributed by atoms with E-state index < -0.39 is 21.4 Å². The minimum atomic E-state index is -1.15. The average Bonchev–Trinajstić information content (AvgIpc) is 3.84. The second-order valence-electron chi connectivity index (χ2n) is 14.8. The van der Waals surface area contributed by atoms with Gasteiger partial charge in [0, 0.05) is 37.6 Å². The number of thiazole rings is 1. The minimum absolute atomic E-state index is 0.0187. The van der Waals surface area contributed by atoms with Gasteiger partial charge >= 0.3 is 0 Å². The van der Waals surface area contributed by atoms with Crippen molar-refractivity contribution in [1.82, 2.24) is 24.5 Å². The van der Waals surface area contributed by atoms with Gasteiger partial charge in [-0.15, -0.1) is 28.0 Å². The van der Waals surface area contributed by atoms with Crippen molar-refractivity contribution in [2.24, 2.45) is 0 Å². The van der Waals surface area contributed by atoms with E-state index in [2.05, 4.69) is 56.9 Å². The van der Waals surface area contributed by atoms with Gasteiger partial charge in [-0.1, -0.05) is 88.4 Å². The first-order valence-corrected chi connectivity index (χ1v) is 20.9. The third-order valence-electron chi connectivity index (χ3n) is 9.83. The predicted molar refractivity (Wildman–Crippen MR) is 219 cm³/mol. The van der Waals surface area contributed by atoms with Crippen LogP contribution in [0.15, 0.2) is 102 Å². The average molecular weight is 782 g/mol. The van der Waals surface area contributed by atoms with Gasteiger partial charge < -0.3 is 19.1 Å². The molecule has 0 spiro atoms. The molecule has 1 fully saturated rings. The van der Waals surface area contributed by atoms with Crippen LogP contribution in [0.1, 0.15) is 44.5 Å². The van der Waals surface area contributed by atoms with Crippen LogP contribution in [0, 0.1) is 5.82 Å². The topological polar surface area (TPSA) is 79.1 Å². The van der Waals surface area contributed by atoms with Crippen molar-refractivity contribution < 1.29 is 13.6 Å². The SMILES string of the molecule is CCc1nc2ccc(N3CCN(C(=O)CCl)C(C(O[SiH2]C(C)(C)C)(c4ccccc4)c4ccccc4)C3)nn2c1N(C)c1nc(-c2ccc(F)cc2)cs1. The molecule has 1 atom stereocenters. The molecule has 7 rings (SSSR count). The van der Waals surface area contributed by atoms with E-state index in [1.54, 1.807) is 12.1 Å². The standard InChI is InChI=1S/C41H45ClFN7O2SSi/c1-6-32-38(47(5)39-45-33(27-53-39)28-17-19-31(43)20-18-28)50-35(44-32)21-22-36(46-50)48-23-24-49(37(51)25-42)34(26-48)41(52-54-40(2,3)4,29-13-9-7-10-14-29)30-15-11-8-12-16-30/h7-22,27,34H,6,23-26,54H2,1-5H3. The van der Waals surface area contributed by atoms with Crippen molar-refractivity contribution in [3.8, 4) is 11.3 Å². The highest BCUT2D eigenvalue weighted by molar-refractivity contribution is 7.14. The summed E-state index contributed by atoms with van der Waals surface area (Å²) in [4.78, 5) is 29.8. The second-order valence-corrected chi connectivity index (χ2v) is 18.6. The molecule has 1 saturated heterocycles. The number of imidazole rings is 1. The number of amides is 1. The number of alkyl halides is 1. The smallest absolute Gasteiger partial charge is 0.237 e. The fraction of sp³-hybridized carbons (Fsp3) is 0.317. The Morgan fingerprint density at radius 1 is 0.963 bits per heavy atom. The lowest BCUT2D eigenvalue weighted by Gasteiger charge is -2.52. The number of aryl methyl sites for hydroxylation is 1. The van der Waals surface area contributed by atoms with Crippen LogP contribution in [-0.2, 0) is 21.2 Å². The Morgan fingerprint density at radius 3 is 2.24 bits per heavy atom.